The van der Waals surface area contributed by atoms with Crippen molar-refractivity contribution in [3.8, 4) is 0 Å². The highest BCUT2D eigenvalue weighted by Crippen LogP contribution is 2.26. The van der Waals surface area contributed by atoms with Crippen LogP contribution in [0.5, 0.6) is 0 Å². The molecule has 0 aliphatic rings. The van der Waals surface area contributed by atoms with Crippen LogP contribution in [0, 0.1) is 5.41 Å². The normalized spacial score (nSPS) is 17.5. The van der Waals surface area contributed by atoms with Gasteiger partial charge in [0.2, 0.25) is 0 Å². The quantitative estimate of drug-likeness (QED) is 0.732. The Balaban J connectivity index is 4.77. The Morgan fingerprint density at radius 2 is 1.68 bits per heavy atom. The molecule has 0 heterocycles. The summed E-state index contributed by atoms with van der Waals surface area (Å²) in [5.74, 6) is 0. The van der Waals surface area contributed by atoms with Crippen molar-refractivity contribution < 1.29 is 14.6 Å². The lowest BCUT2D eigenvalue weighted by molar-refractivity contribution is 0.0436. The third-order valence-corrected chi connectivity index (χ3v) is 2.77. The fourth-order valence-corrected chi connectivity index (χ4v) is 1.55. The molecule has 0 aromatic heterocycles. The second kappa shape index (κ2) is 6.09. The van der Waals surface area contributed by atoms with E-state index in [1.807, 2.05) is 41.5 Å². The standard InChI is InChI=1S/C14H30N2O3/c1-12(2,3)10(8-14(7,15)9-17)16-11(18)19-13(4,5)6/h10,17H,8-9,15H2,1-7H3,(H,16,18). The Labute approximate surface area is 116 Å². The van der Waals surface area contributed by atoms with Gasteiger partial charge in [-0.05, 0) is 39.5 Å². The van der Waals surface area contributed by atoms with Gasteiger partial charge < -0.3 is 20.9 Å². The highest BCUT2D eigenvalue weighted by Gasteiger charge is 2.33. The summed E-state index contributed by atoms with van der Waals surface area (Å²) in [5, 5.41) is 12.1. The van der Waals surface area contributed by atoms with Gasteiger partial charge in [0.15, 0.2) is 0 Å². The molecule has 5 heteroatoms. The first-order valence-electron chi connectivity index (χ1n) is 6.66. The fourth-order valence-electron chi connectivity index (χ4n) is 1.55. The summed E-state index contributed by atoms with van der Waals surface area (Å²) in [7, 11) is 0. The van der Waals surface area contributed by atoms with E-state index in [1.165, 1.54) is 0 Å². The van der Waals surface area contributed by atoms with Crippen molar-refractivity contribution in [1.29, 1.82) is 0 Å². The molecule has 0 saturated carbocycles. The first-order valence-corrected chi connectivity index (χ1v) is 6.66. The van der Waals surface area contributed by atoms with E-state index < -0.39 is 17.2 Å². The summed E-state index contributed by atoms with van der Waals surface area (Å²) >= 11 is 0. The van der Waals surface area contributed by atoms with Crippen molar-refractivity contribution in [2.24, 2.45) is 11.1 Å². The molecule has 0 aliphatic carbocycles. The average molecular weight is 274 g/mol. The molecule has 0 aromatic carbocycles. The van der Waals surface area contributed by atoms with Crippen molar-refractivity contribution >= 4 is 6.09 Å². The molecular weight excluding hydrogens is 244 g/mol. The molecule has 0 saturated heterocycles. The number of aliphatic hydroxyl groups is 1. The van der Waals surface area contributed by atoms with Gasteiger partial charge in [0.05, 0.1) is 6.61 Å². The maximum Gasteiger partial charge on any atom is 0.407 e. The van der Waals surface area contributed by atoms with Crippen LogP contribution in [0.1, 0.15) is 54.9 Å². The second-order valence-electron chi connectivity index (χ2n) is 7.58. The molecule has 0 aromatic rings. The van der Waals surface area contributed by atoms with Crippen LogP contribution in [-0.2, 0) is 4.74 Å². The number of amides is 1. The Morgan fingerprint density at radius 1 is 1.21 bits per heavy atom. The lowest BCUT2D eigenvalue weighted by Gasteiger charge is -2.37. The number of hydrogen-bond donors (Lipinski definition) is 3. The van der Waals surface area contributed by atoms with E-state index >= 15 is 0 Å². The monoisotopic (exact) mass is 274 g/mol. The van der Waals surface area contributed by atoms with Gasteiger partial charge in [-0.25, -0.2) is 4.79 Å². The van der Waals surface area contributed by atoms with Crippen LogP contribution in [0.2, 0.25) is 0 Å². The predicted octanol–water partition coefficient (Wildman–Crippen LogP) is 2.03. The molecule has 2 unspecified atom stereocenters. The number of nitrogens with one attached hydrogen (secondary N) is 1. The van der Waals surface area contributed by atoms with Crippen LogP contribution in [0.3, 0.4) is 0 Å². The Kier molecular flexibility index (Phi) is 5.83. The van der Waals surface area contributed by atoms with E-state index in [0.29, 0.717) is 6.42 Å². The lowest BCUT2D eigenvalue weighted by atomic mass is 9.79. The summed E-state index contributed by atoms with van der Waals surface area (Å²) in [6, 6.07) is -0.176. The molecule has 19 heavy (non-hydrogen) atoms. The van der Waals surface area contributed by atoms with Crippen molar-refractivity contribution in [2.45, 2.75) is 72.1 Å². The van der Waals surface area contributed by atoms with Gasteiger partial charge in [-0.2, -0.15) is 0 Å². The summed E-state index contributed by atoms with van der Waals surface area (Å²) in [6.07, 6.45) is 0.0212. The fraction of sp³-hybridized carbons (Fsp3) is 0.929. The molecule has 1 amide bonds. The van der Waals surface area contributed by atoms with E-state index in [-0.39, 0.29) is 18.1 Å². The van der Waals surface area contributed by atoms with Crippen LogP contribution < -0.4 is 11.1 Å². The highest BCUT2D eigenvalue weighted by molar-refractivity contribution is 5.68. The van der Waals surface area contributed by atoms with Gasteiger partial charge in [0.25, 0.3) is 0 Å². The number of alkyl carbamates (subject to hydrolysis) is 1. The largest absolute Gasteiger partial charge is 0.444 e. The number of ether oxygens (including phenoxy) is 1. The van der Waals surface area contributed by atoms with Crippen LogP contribution >= 0.6 is 0 Å². The molecule has 0 radical (unpaired) electrons. The van der Waals surface area contributed by atoms with Crippen molar-refractivity contribution in [3.63, 3.8) is 0 Å². The van der Waals surface area contributed by atoms with Crippen molar-refractivity contribution in [3.05, 3.63) is 0 Å². The first-order chi connectivity index (χ1) is 8.27. The van der Waals surface area contributed by atoms with Gasteiger partial charge >= 0.3 is 6.09 Å². The Hall–Kier alpha value is -0.810. The van der Waals surface area contributed by atoms with Gasteiger partial charge in [-0.3, -0.25) is 0 Å². The lowest BCUT2D eigenvalue weighted by Crippen LogP contribution is -2.53. The van der Waals surface area contributed by atoms with Crippen LogP contribution in [0.15, 0.2) is 0 Å². The number of hydrogen-bond acceptors (Lipinski definition) is 4. The van der Waals surface area contributed by atoms with Gasteiger partial charge in [-0.1, -0.05) is 20.8 Å². The Bertz CT molecular complexity index is 301. The molecule has 0 fully saturated rings. The number of carbonyl (C=O) groups excluding carboxylic acids is 1. The molecule has 114 valence electrons. The maximum absolute atomic E-state index is 11.9. The number of rotatable bonds is 4. The van der Waals surface area contributed by atoms with Crippen molar-refractivity contribution in [1.82, 2.24) is 5.32 Å². The highest BCUT2D eigenvalue weighted by atomic mass is 16.6. The third kappa shape index (κ3) is 8.06. The molecule has 0 bridgehead atoms. The van der Waals surface area contributed by atoms with Gasteiger partial charge in [0, 0.05) is 11.6 Å². The smallest absolute Gasteiger partial charge is 0.407 e. The summed E-state index contributed by atoms with van der Waals surface area (Å²) in [5.41, 5.74) is 4.54. The van der Waals surface area contributed by atoms with Crippen LogP contribution in [0.25, 0.3) is 0 Å². The van der Waals surface area contributed by atoms with E-state index in [9.17, 15) is 9.90 Å². The zero-order chi connectivity index (χ0) is 15.5. The minimum Gasteiger partial charge on any atom is -0.444 e. The van der Waals surface area contributed by atoms with E-state index in [2.05, 4.69) is 5.32 Å². The average Bonchev–Trinajstić information content (AvgIpc) is 2.11. The Morgan fingerprint density at radius 3 is 2.00 bits per heavy atom. The van der Waals surface area contributed by atoms with Gasteiger partial charge in [0.1, 0.15) is 5.60 Å². The van der Waals surface area contributed by atoms with Crippen LogP contribution in [0.4, 0.5) is 4.79 Å². The zero-order valence-corrected chi connectivity index (χ0v) is 13.3. The predicted molar refractivity (Wildman–Crippen MR) is 76.9 cm³/mol. The van der Waals surface area contributed by atoms with E-state index in [4.69, 9.17) is 10.5 Å². The molecule has 0 aliphatic heterocycles. The molecular formula is C14H30N2O3. The topological polar surface area (TPSA) is 84.6 Å². The van der Waals surface area contributed by atoms with E-state index in [1.54, 1.807) is 6.92 Å². The van der Waals surface area contributed by atoms with Crippen molar-refractivity contribution in [2.75, 3.05) is 6.61 Å². The number of aliphatic hydroxyl groups excluding tert-OH is 1. The molecule has 2 atom stereocenters. The SMILES string of the molecule is CC(N)(CO)CC(NC(=O)OC(C)(C)C)C(C)(C)C. The maximum atomic E-state index is 11.9. The summed E-state index contributed by atoms with van der Waals surface area (Å²) < 4.78 is 5.26. The number of nitrogens with two attached hydrogens (primary N) is 1. The molecule has 0 rings (SSSR count). The molecule has 0 spiro atoms. The third-order valence-electron chi connectivity index (χ3n) is 2.77. The minimum absolute atomic E-state index is 0.129. The molecule has 5 nitrogen and oxygen atoms in total. The summed E-state index contributed by atoms with van der Waals surface area (Å²) in [4.78, 5) is 11.9. The second-order valence-corrected chi connectivity index (χ2v) is 7.58. The van der Waals surface area contributed by atoms with E-state index in [0.717, 1.165) is 0 Å². The molecule has 4 N–H and O–H groups in total. The minimum atomic E-state index is -0.729. The summed E-state index contributed by atoms with van der Waals surface area (Å²) in [6.45, 7) is 13.1. The van der Waals surface area contributed by atoms with Crippen LogP contribution in [-0.4, -0.2) is 35.0 Å². The first kappa shape index (κ1) is 18.2. The van der Waals surface area contributed by atoms with Gasteiger partial charge in [-0.15, -0.1) is 0 Å². The number of carbonyl (C=O) groups is 1. The zero-order valence-electron chi connectivity index (χ0n) is 13.3.